The van der Waals surface area contributed by atoms with Crippen molar-refractivity contribution in [3.8, 4) is 0 Å². The minimum absolute atomic E-state index is 0.0480. The first kappa shape index (κ1) is 15.2. The highest BCUT2D eigenvalue weighted by molar-refractivity contribution is 14.1. The van der Waals surface area contributed by atoms with E-state index in [4.69, 9.17) is 0 Å². The van der Waals surface area contributed by atoms with Crippen molar-refractivity contribution in [2.45, 2.75) is 6.54 Å². The van der Waals surface area contributed by atoms with Crippen LogP contribution >= 0.6 is 38.5 Å². The van der Waals surface area contributed by atoms with Crippen LogP contribution in [-0.4, -0.2) is 4.92 Å². The number of nitrogens with one attached hydrogen (secondary N) is 1. The number of halogens is 3. The molecular weight excluding hydrogens is 442 g/mol. The summed E-state index contributed by atoms with van der Waals surface area (Å²) in [5, 5.41) is 13.8. The van der Waals surface area contributed by atoms with Crippen molar-refractivity contribution < 1.29 is 9.31 Å². The highest BCUT2D eigenvalue weighted by Gasteiger charge is 2.09. The second-order valence-electron chi connectivity index (χ2n) is 4.01. The molecule has 0 fully saturated rings. The van der Waals surface area contributed by atoms with Gasteiger partial charge in [-0.25, -0.2) is 4.39 Å². The van der Waals surface area contributed by atoms with Crippen molar-refractivity contribution in [1.82, 2.24) is 0 Å². The summed E-state index contributed by atoms with van der Waals surface area (Å²) in [4.78, 5) is 10.2. The summed E-state index contributed by atoms with van der Waals surface area (Å²) in [6, 6.07) is 9.04. The molecule has 0 aromatic heterocycles. The molecule has 104 valence electrons. The maximum Gasteiger partial charge on any atom is 0.270 e. The maximum atomic E-state index is 13.2. The summed E-state index contributed by atoms with van der Waals surface area (Å²) in [5.74, 6) is -0.302. The van der Waals surface area contributed by atoms with Gasteiger partial charge in [0.05, 0.1) is 4.92 Å². The molecule has 2 aromatic rings. The third-order valence-corrected chi connectivity index (χ3v) is 4.31. The van der Waals surface area contributed by atoms with Gasteiger partial charge in [-0.3, -0.25) is 10.1 Å². The van der Waals surface area contributed by atoms with Gasteiger partial charge in [0, 0.05) is 32.4 Å². The van der Waals surface area contributed by atoms with Crippen LogP contribution in [0, 0.1) is 19.5 Å². The monoisotopic (exact) mass is 450 g/mol. The van der Waals surface area contributed by atoms with Gasteiger partial charge < -0.3 is 5.32 Å². The number of nitrogens with zero attached hydrogens (tertiary/aromatic N) is 1. The number of benzene rings is 2. The first-order valence-corrected chi connectivity index (χ1v) is 7.46. The van der Waals surface area contributed by atoms with Crippen molar-refractivity contribution in [3.63, 3.8) is 0 Å². The smallest absolute Gasteiger partial charge is 0.270 e. The molecule has 20 heavy (non-hydrogen) atoms. The van der Waals surface area contributed by atoms with Crippen molar-refractivity contribution in [3.05, 3.63) is 65.9 Å². The van der Waals surface area contributed by atoms with E-state index < -0.39 is 4.92 Å². The quantitative estimate of drug-likeness (QED) is 0.417. The fraction of sp³-hybridized carbons (Fsp3) is 0.0769. The third kappa shape index (κ3) is 3.66. The van der Waals surface area contributed by atoms with Crippen LogP contribution in [0.4, 0.5) is 15.8 Å². The van der Waals surface area contributed by atoms with E-state index in [1.54, 1.807) is 12.1 Å². The van der Waals surface area contributed by atoms with Gasteiger partial charge in [-0.1, -0.05) is 15.9 Å². The summed E-state index contributed by atoms with van der Waals surface area (Å²) < 4.78 is 14.7. The zero-order valence-corrected chi connectivity index (χ0v) is 13.8. The fourth-order valence-electron chi connectivity index (χ4n) is 1.63. The molecule has 0 amide bonds. The Morgan fingerprint density at radius 3 is 2.70 bits per heavy atom. The number of rotatable bonds is 4. The molecule has 1 N–H and O–H groups in total. The second-order valence-corrected chi connectivity index (χ2v) is 6.03. The van der Waals surface area contributed by atoms with E-state index in [-0.39, 0.29) is 11.5 Å². The van der Waals surface area contributed by atoms with E-state index in [9.17, 15) is 14.5 Å². The van der Waals surface area contributed by atoms with Crippen LogP contribution in [0.25, 0.3) is 0 Å². The summed E-state index contributed by atoms with van der Waals surface area (Å²) in [7, 11) is 0. The number of nitro groups is 1. The lowest BCUT2D eigenvalue weighted by Crippen LogP contribution is -2.02. The SMILES string of the molecule is O=[N+]([O-])c1ccc(NCc2cc(F)ccc2Br)c(I)c1. The molecule has 0 saturated carbocycles. The van der Waals surface area contributed by atoms with Gasteiger partial charge in [0.1, 0.15) is 5.82 Å². The molecule has 0 unspecified atom stereocenters. The minimum Gasteiger partial charge on any atom is -0.380 e. The van der Waals surface area contributed by atoms with Crippen LogP contribution in [0.3, 0.4) is 0 Å². The van der Waals surface area contributed by atoms with Crippen molar-refractivity contribution in [2.75, 3.05) is 5.32 Å². The Labute approximate surface area is 136 Å². The first-order valence-electron chi connectivity index (χ1n) is 5.59. The topological polar surface area (TPSA) is 55.2 Å². The Morgan fingerprint density at radius 2 is 2.05 bits per heavy atom. The maximum absolute atomic E-state index is 13.2. The molecule has 0 aliphatic rings. The molecule has 0 saturated heterocycles. The lowest BCUT2D eigenvalue weighted by molar-refractivity contribution is -0.384. The molecule has 0 radical (unpaired) electrons. The lowest BCUT2D eigenvalue weighted by atomic mass is 10.2. The fourth-order valence-corrected chi connectivity index (χ4v) is 2.71. The van der Waals surface area contributed by atoms with Crippen LogP contribution < -0.4 is 5.32 Å². The number of hydrogen-bond donors (Lipinski definition) is 1. The van der Waals surface area contributed by atoms with E-state index in [1.807, 2.05) is 22.6 Å². The van der Waals surface area contributed by atoms with E-state index in [1.165, 1.54) is 24.3 Å². The molecule has 0 aliphatic carbocycles. The van der Waals surface area contributed by atoms with Gasteiger partial charge in [0.15, 0.2) is 0 Å². The van der Waals surface area contributed by atoms with Crippen molar-refractivity contribution in [2.24, 2.45) is 0 Å². The third-order valence-electron chi connectivity index (χ3n) is 2.64. The van der Waals surface area contributed by atoms with Gasteiger partial charge in [0.25, 0.3) is 5.69 Å². The van der Waals surface area contributed by atoms with Gasteiger partial charge >= 0.3 is 0 Å². The molecule has 7 heteroatoms. The average Bonchev–Trinajstić information content (AvgIpc) is 2.40. The normalized spacial score (nSPS) is 10.3. The molecule has 0 aliphatic heterocycles. The van der Waals surface area contributed by atoms with Crippen LogP contribution in [-0.2, 0) is 6.54 Å². The summed E-state index contributed by atoms with van der Waals surface area (Å²) in [6.07, 6.45) is 0. The standard InChI is InChI=1S/C13H9BrFIN2O2/c14-11-3-1-9(15)5-8(11)7-17-13-4-2-10(18(19)20)6-12(13)16/h1-6,17H,7H2. The van der Waals surface area contributed by atoms with E-state index >= 15 is 0 Å². The van der Waals surface area contributed by atoms with Gasteiger partial charge in [-0.05, 0) is 52.4 Å². The van der Waals surface area contributed by atoms with E-state index in [0.717, 1.165) is 19.3 Å². The van der Waals surface area contributed by atoms with Gasteiger partial charge in [-0.2, -0.15) is 0 Å². The van der Waals surface area contributed by atoms with Crippen LogP contribution in [0.5, 0.6) is 0 Å². The summed E-state index contributed by atoms with van der Waals surface area (Å²) in [6.45, 7) is 0.423. The van der Waals surface area contributed by atoms with Crippen LogP contribution in [0.15, 0.2) is 40.9 Å². The number of nitro benzene ring substituents is 1. The molecule has 0 bridgehead atoms. The average molecular weight is 451 g/mol. The predicted molar refractivity (Wildman–Crippen MR) is 87.2 cm³/mol. The first-order chi connectivity index (χ1) is 9.47. The Morgan fingerprint density at radius 1 is 1.30 bits per heavy atom. The largest absolute Gasteiger partial charge is 0.380 e. The molecular formula is C13H9BrFIN2O2. The lowest BCUT2D eigenvalue weighted by Gasteiger charge is -2.10. The van der Waals surface area contributed by atoms with E-state index in [0.29, 0.717) is 6.54 Å². The van der Waals surface area contributed by atoms with Gasteiger partial charge in [-0.15, -0.1) is 0 Å². The summed E-state index contributed by atoms with van der Waals surface area (Å²) >= 11 is 5.38. The molecule has 2 rings (SSSR count). The Bertz CT molecular complexity index is 667. The molecule has 0 atom stereocenters. The Hall–Kier alpha value is -1.22. The highest BCUT2D eigenvalue weighted by atomic mass is 127. The van der Waals surface area contributed by atoms with Gasteiger partial charge in [0.2, 0.25) is 0 Å². The van der Waals surface area contributed by atoms with Crippen molar-refractivity contribution in [1.29, 1.82) is 0 Å². The van der Waals surface area contributed by atoms with E-state index in [2.05, 4.69) is 21.2 Å². The van der Waals surface area contributed by atoms with Crippen LogP contribution in [0.2, 0.25) is 0 Å². The summed E-state index contributed by atoms with van der Waals surface area (Å²) in [5.41, 5.74) is 1.60. The Kier molecular flexibility index (Phi) is 4.92. The van der Waals surface area contributed by atoms with Crippen molar-refractivity contribution >= 4 is 49.9 Å². The molecule has 2 aromatic carbocycles. The number of hydrogen-bond acceptors (Lipinski definition) is 3. The predicted octanol–water partition coefficient (Wildman–Crippen LogP) is 4.71. The molecule has 4 nitrogen and oxygen atoms in total. The van der Waals surface area contributed by atoms with Crippen LogP contribution in [0.1, 0.15) is 5.56 Å². The Balaban J connectivity index is 2.15. The zero-order valence-electron chi connectivity index (χ0n) is 10.1. The second kappa shape index (κ2) is 6.49. The number of anilines is 1. The minimum atomic E-state index is -0.435. The molecule has 0 heterocycles. The highest BCUT2D eigenvalue weighted by Crippen LogP contribution is 2.25. The zero-order chi connectivity index (χ0) is 14.7. The molecule has 0 spiro atoms. The number of non-ortho nitro benzene ring substituents is 1.